The van der Waals surface area contributed by atoms with Crippen molar-refractivity contribution in [3.05, 3.63) is 46.4 Å². The average molecular weight is 276 g/mol. The Hall–Kier alpha value is -1.94. The van der Waals surface area contributed by atoms with E-state index >= 15 is 0 Å². The van der Waals surface area contributed by atoms with Crippen LogP contribution in [0, 0.1) is 6.92 Å². The zero-order chi connectivity index (χ0) is 13.8. The lowest BCUT2D eigenvalue weighted by Gasteiger charge is -2.10. The molecule has 0 atom stereocenters. The molecule has 0 radical (unpaired) electrons. The van der Waals surface area contributed by atoms with Crippen LogP contribution in [0.5, 0.6) is 0 Å². The standard InChI is InChI=1S/C14H14ClN3O/c1-3-10-5-4-6-11(7-10)18-14-12(8-19)13(15)16-9(2)17-14/h4-8H,3H2,1-2H3,(H,16,17,18). The molecule has 2 aromatic rings. The summed E-state index contributed by atoms with van der Waals surface area (Å²) in [7, 11) is 0. The fourth-order valence-electron chi connectivity index (χ4n) is 1.75. The molecule has 0 amide bonds. The Morgan fingerprint density at radius 3 is 2.84 bits per heavy atom. The molecule has 0 bridgehead atoms. The molecular weight excluding hydrogens is 262 g/mol. The van der Waals surface area contributed by atoms with Gasteiger partial charge in [0.25, 0.3) is 0 Å². The molecule has 0 spiro atoms. The zero-order valence-corrected chi connectivity index (χ0v) is 11.5. The van der Waals surface area contributed by atoms with Crippen LogP contribution >= 0.6 is 11.6 Å². The maximum atomic E-state index is 11.1. The van der Waals surface area contributed by atoms with E-state index in [9.17, 15) is 4.79 Å². The Labute approximate surface area is 116 Å². The summed E-state index contributed by atoms with van der Waals surface area (Å²) in [6, 6.07) is 7.93. The molecule has 1 aromatic carbocycles. The van der Waals surface area contributed by atoms with Crippen LogP contribution in [0.1, 0.15) is 28.7 Å². The molecule has 1 heterocycles. The SMILES string of the molecule is CCc1cccc(Nc2nc(C)nc(Cl)c2C=O)c1. The van der Waals surface area contributed by atoms with Crippen LogP contribution < -0.4 is 5.32 Å². The molecule has 0 saturated heterocycles. The van der Waals surface area contributed by atoms with Gasteiger partial charge in [0.15, 0.2) is 6.29 Å². The summed E-state index contributed by atoms with van der Waals surface area (Å²) in [5.74, 6) is 0.950. The first-order valence-corrected chi connectivity index (χ1v) is 6.37. The Balaban J connectivity index is 2.39. The molecule has 5 heteroatoms. The normalized spacial score (nSPS) is 10.3. The van der Waals surface area contributed by atoms with Gasteiger partial charge in [0.1, 0.15) is 16.8 Å². The molecule has 0 fully saturated rings. The van der Waals surface area contributed by atoms with E-state index < -0.39 is 0 Å². The van der Waals surface area contributed by atoms with Crippen LogP contribution in [0.25, 0.3) is 0 Å². The van der Waals surface area contributed by atoms with Gasteiger partial charge in [-0.1, -0.05) is 30.7 Å². The van der Waals surface area contributed by atoms with Crippen molar-refractivity contribution in [2.75, 3.05) is 5.32 Å². The number of halogens is 1. The molecule has 98 valence electrons. The second-order valence-corrected chi connectivity index (χ2v) is 4.48. The minimum absolute atomic E-state index is 0.164. The number of hydrogen-bond donors (Lipinski definition) is 1. The quantitative estimate of drug-likeness (QED) is 0.685. The van der Waals surface area contributed by atoms with Gasteiger partial charge in [-0.15, -0.1) is 0 Å². The van der Waals surface area contributed by atoms with E-state index in [1.807, 2.05) is 24.3 Å². The van der Waals surface area contributed by atoms with Crippen molar-refractivity contribution in [2.45, 2.75) is 20.3 Å². The monoisotopic (exact) mass is 275 g/mol. The zero-order valence-electron chi connectivity index (χ0n) is 10.8. The summed E-state index contributed by atoms with van der Waals surface area (Å²) < 4.78 is 0. The molecule has 0 aliphatic carbocycles. The third-order valence-corrected chi connectivity index (χ3v) is 3.01. The number of nitrogens with zero attached hydrogens (tertiary/aromatic N) is 2. The molecule has 19 heavy (non-hydrogen) atoms. The summed E-state index contributed by atoms with van der Waals surface area (Å²) in [6.07, 6.45) is 1.60. The maximum Gasteiger partial charge on any atom is 0.156 e. The highest BCUT2D eigenvalue weighted by Crippen LogP contribution is 2.23. The Kier molecular flexibility index (Phi) is 4.12. The number of carbonyl (C=O) groups is 1. The smallest absolute Gasteiger partial charge is 0.156 e. The summed E-state index contributed by atoms with van der Waals surface area (Å²) in [4.78, 5) is 19.2. The van der Waals surface area contributed by atoms with Crippen LogP contribution in [0.3, 0.4) is 0 Å². The van der Waals surface area contributed by atoms with Crippen LogP contribution in [-0.2, 0) is 6.42 Å². The lowest BCUT2D eigenvalue weighted by molar-refractivity contribution is 0.112. The van der Waals surface area contributed by atoms with Crippen LogP contribution in [-0.4, -0.2) is 16.3 Å². The number of benzene rings is 1. The van der Waals surface area contributed by atoms with Crippen LogP contribution in [0.2, 0.25) is 5.15 Å². The van der Waals surface area contributed by atoms with Gasteiger partial charge in [-0.3, -0.25) is 4.79 Å². The minimum atomic E-state index is 0.164. The number of anilines is 2. The van der Waals surface area contributed by atoms with E-state index in [1.54, 1.807) is 6.92 Å². The second kappa shape index (κ2) is 5.80. The predicted octanol–water partition coefficient (Wildman–Crippen LogP) is 3.56. The van der Waals surface area contributed by atoms with Crippen LogP contribution in [0.15, 0.2) is 24.3 Å². The maximum absolute atomic E-state index is 11.1. The van der Waals surface area contributed by atoms with E-state index in [0.29, 0.717) is 17.9 Å². The van der Waals surface area contributed by atoms with Crippen molar-refractivity contribution in [2.24, 2.45) is 0 Å². The molecule has 0 unspecified atom stereocenters. The molecule has 0 saturated carbocycles. The van der Waals surface area contributed by atoms with Gasteiger partial charge in [0.2, 0.25) is 0 Å². The fraction of sp³-hybridized carbons (Fsp3) is 0.214. The van der Waals surface area contributed by atoms with Crippen molar-refractivity contribution in [1.29, 1.82) is 0 Å². The number of aryl methyl sites for hydroxylation is 2. The summed E-state index contributed by atoms with van der Waals surface area (Å²) in [5.41, 5.74) is 2.35. The Morgan fingerprint density at radius 2 is 2.16 bits per heavy atom. The second-order valence-electron chi connectivity index (χ2n) is 4.12. The van der Waals surface area contributed by atoms with Crippen LogP contribution in [0.4, 0.5) is 11.5 Å². The van der Waals surface area contributed by atoms with Gasteiger partial charge in [0.05, 0.1) is 5.56 Å². The first-order valence-electron chi connectivity index (χ1n) is 5.99. The van der Waals surface area contributed by atoms with Gasteiger partial charge in [-0.25, -0.2) is 9.97 Å². The number of nitrogens with one attached hydrogen (secondary N) is 1. The molecule has 2 rings (SSSR count). The van der Waals surface area contributed by atoms with E-state index in [1.165, 1.54) is 5.56 Å². The first kappa shape index (κ1) is 13.5. The molecule has 1 aromatic heterocycles. The number of aromatic nitrogens is 2. The van der Waals surface area contributed by atoms with E-state index in [4.69, 9.17) is 11.6 Å². The molecule has 4 nitrogen and oxygen atoms in total. The van der Waals surface area contributed by atoms with Crippen molar-refractivity contribution in [3.63, 3.8) is 0 Å². The number of aldehydes is 1. The molecule has 1 N–H and O–H groups in total. The average Bonchev–Trinajstić information content (AvgIpc) is 2.38. The highest BCUT2D eigenvalue weighted by atomic mass is 35.5. The molecule has 0 aliphatic rings. The van der Waals surface area contributed by atoms with Gasteiger partial charge >= 0.3 is 0 Å². The molecular formula is C14H14ClN3O. The molecule has 0 aliphatic heterocycles. The minimum Gasteiger partial charge on any atom is -0.339 e. The Bertz CT molecular complexity index is 614. The lowest BCUT2D eigenvalue weighted by atomic mass is 10.1. The van der Waals surface area contributed by atoms with E-state index in [-0.39, 0.29) is 10.7 Å². The predicted molar refractivity (Wildman–Crippen MR) is 76.3 cm³/mol. The fourth-order valence-corrected chi connectivity index (χ4v) is 2.01. The first-order chi connectivity index (χ1) is 9.13. The van der Waals surface area contributed by atoms with Crippen molar-refractivity contribution < 1.29 is 4.79 Å². The number of hydrogen-bond acceptors (Lipinski definition) is 4. The third-order valence-electron chi connectivity index (χ3n) is 2.73. The summed E-state index contributed by atoms with van der Waals surface area (Å²) in [6.45, 7) is 3.82. The topological polar surface area (TPSA) is 54.9 Å². The van der Waals surface area contributed by atoms with Gasteiger partial charge in [-0.05, 0) is 31.0 Å². The van der Waals surface area contributed by atoms with Gasteiger partial charge in [0, 0.05) is 5.69 Å². The van der Waals surface area contributed by atoms with Crippen molar-refractivity contribution in [3.8, 4) is 0 Å². The van der Waals surface area contributed by atoms with Gasteiger partial charge in [-0.2, -0.15) is 0 Å². The van der Waals surface area contributed by atoms with E-state index in [0.717, 1.165) is 12.1 Å². The van der Waals surface area contributed by atoms with Crippen molar-refractivity contribution in [1.82, 2.24) is 9.97 Å². The van der Waals surface area contributed by atoms with Crippen molar-refractivity contribution >= 4 is 29.4 Å². The summed E-state index contributed by atoms with van der Waals surface area (Å²) in [5, 5.41) is 3.28. The lowest BCUT2D eigenvalue weighted by Crippen LogP contribution is -2.03. The third kappa shape index (κ3) is 3.09. The Morgan fingerprint density at radius 1 is 1.37 bits per heavy atom. The number of carbonyl (C=O) groups excluding carboxylic acids is 1. The largest absolute Gasteiger partial charge is 0.339 e. The van der Waals surface area contributed by atoms with E-state index in [2.05, 4.69) is 22.2 Å². The van der Waals surface area contributed by atoms with Gasteiger partial charge < -0.3 is 5.32 Å². The summed E-state index contributed by atoms with van der Waals surface area (Å²) >= 11 is 5.94. The highest BCUT2D eigenvalue weighted by Gasteiger charge is 2.11. The highest BCUT2D eigenvalue weighted by molar-refractivity contribution is 6.32. The number of rotatable bonds is 4.